The van der Waals surface area contributed by atoms with Gasteiger partial charge in [-0.15, -0.1) is 0 Å². The zero-order valence-corrected chi connectivity index (χ0v) is 27.4. The predicted molar refractivity (Wildman–Crippen MR) is 176 cm³/mol. The van der Waals surface area contributed by atoms with Gasteiger partial charge in [-0.05, 0) is 85.6 Å². The number of anilines is 1. The van der Waals surface area contributed by atoms with Crippen LogP contribution in [0.25, 0.3) is 0 Å². The van der Waals surface area contributed by atoms with E-state index in [0.717, 1.165) is 9.87 Å². The minimum Gasteiger partial charge on any atom is -0.494 e. The summed E-state index contributed by atoms with van der Waals surface area (Å²) in [4.78, 5) is 29.3. The Hall–Kier alpha value is -4.22. The topological polar surface area (TPSA) is 96.0 Å². The lowest BCUT2D eigenvalue weighted by Crippen LogP contribution is -2.53. The smallest absolute Gasteiger partial charge is 0.264 e. The molecule has 0 aliphatic rings. The van der Waals surface area contributed by atoms with Crippen molar-refractivity contribution >= 4 is 43.5 Å². The number of amides is 2. The fourth-order valence-electron chi connectivity index (χ4n) is 4.77. The maximum atomic E-state index is 14.4. The number of likely N-dealkylation sites (N-methyl/N-ethyl adjacent to an activating group) is 1. The highest BCUT2D eigenvalue weighted by molar-refractivity contribution is 9.10. The first-order chi connectivity index (χ1) is 21.6. The molecule has 0 saturated carbocycles. The normalized spacial score (nSPS) is 11.8. The standard InChI is InChI=1S/C34H35BrFN3O5S/c1-3-37-34(41)32(22-25-8-6-5-7-9-25)38(23-26-10-14-28(36)15-11-26)33(40)24-39(29-16-18-30(19-17-29)44-4-2)45(42,43)31-20-12-27(35)13-21-31/h5-21,32H,3-4,22-24H2,1-2H3,(H,37,41)/t32-/m0/s1. The Morgan fingerprint density at radius 3 is 2.11 bits per heavy atom. The van der Waals surface area contributed by atoms with Crippen molar-refractivity contribution in [2.75, 3.05) is 24.0 Å². The van der Waals surface area contributed by atoms with Gasteiger partial charge in [0.25, 0.3) is 10.0 Å². The number of rotatable bonds is 14. The molecule has 4 aromatic carbocycles. The molecule has 1 atom stereocenters. The third-order valence-corrected chi connectivity index (χ3v) is 9.32. The third kappa shape index (κ3) is 8.92. The van der Waals surface area contributed by atoms with Crippen molar-refractivity contribution in [3.05, 3.63) is 125 Å². The molecule has 0 unspecified atom stereocenters. The lowest BCUT2D eigenvalue weighted by Gasteiger charge is -2.33. The van der Waals surface area contributed by atoms with E-state index in [2.05, 4.69) is 21.2 Å². The van der Waals surface area contributed by atoms with E-state index in [1.807, 2.05) is 37.3 Å². The maximum absolute atomic E-state index is 14.4. The maximum Gasteiger partial charge on any atom is 0.264 e. The lowest BCUT2D eigenvalue weighted by molar-refractivity contribution is -0.140. The van der Waals surface area contributed by atoms with Crippen LogP contribution in [0.2, 0.25) is 0 Å². The summed E-state index contributed by atoms with van der Waals surface area (Å²) in [5.41, 5.74) is 1.64. The molecule has 4 rings (SSSR count). The highest BCUT2D eigenvalue weighted by Gasteiger charge is 2.34. The number of nitrogens with zero attached hydrogens (tertiary/aromatic N) is 2. The monoisotopic (exact) mass is 695 g/mol. The SMILES string of the molecule is CCNC(=O)[C@H](Cc1ccccc1)N(Cc1ccc(F)cc1)C(=O)CN(c1ccc(OCC)cc1)S(=O)(=O)c1ccc(Br)cc1. The average molecular weight is 697 g/mol. The van der Waals surface area contributed by atoms with E-state index in [4.69, 9.17) is 4.74 Å². The lowest BCUT2D eigenvalue weighted by atomic mass is 10.0. The third-order valence-electron chi connectivity index (χ3n) is 7.00. The number of carbonyl (C=O) groups excluding carboxylic acids is 2. The molecular formula is C34H35BrFN3O5S. The summed E-state index contributed by atoms with van der Waals surface area (Å²) < 4.78 is 49.2. The Kier molecular flexibility index (Phi) is 11.7. The molecule has 0 aliphatic carbocycles. The number of carbonyl (C=O) groups is 2. The van der Waals surface area contributed by atoms with Gasteiger partial charge in [0.2, 0.25) is 11.8 Å². The highest BCUT2D eigenvalue weighted by Crippen LogP contribution is 2.28. The number of hydrogen-bond acceptors (Lipinski definition) is 5. The van der Waals surface area contributed by atoms with Crippen LogP contribution in [0, 0.1) is 5.82 Å². The minimum atomic E-state index is -4.24. The first kappa shape index (κ1) is 33.7. The van der Waals surface area contributed by atoms with Crippen LogP contribution in [0.15, 0.2) is 112 Å². The summed E-state index contributed by atoms with van der Waals surface area (Å²) in [7, 11) is -4.24. The fourth-order valence-corrected chi connectivity index (χ4v) is 6.45. The number of hydrogen-bond donors (Lipinski definition) is 1. The van der Waals surface area contributed by atoms with Gasteiger partial charge in [-0.25, -0.2) is 12.8 Å². The number of sulfonamides is 1. The van der Waals surface area contributed by atoms with Crippen LogP contribution in [0.3, 0.4) is 0 Å². The van der Waals surface area contributed by atoms with Gasteiger partial charge in [0.05, 0.1) is 17.2 Å². The molecule has 0 radical (unpaired) electrons. The first-order valence-corrected chi connectivity index (χ1v) is 16.7. The minimum absolute atomic E-state index is 0.0120. The molecule has 2 amide bonds. The molecule has 236 valence electrons. The van der Waals surface area contributed by atoms with Gasteiger partial charge < -0.3 is 15.0 Å². The van der Waals surface area contributed by atoms with Gasteiger partial charge in [0, 0.05) is 24.0 Å². The molecule has 11 heteroatoms. The molecule has 8 nitrogen and oxygen atoms in total. The fraction of sp³-hybridized carbons (Fsp3) is 0.235. The summed E-state index contributed by atoms with van der Waals surface area (Å²) in [5, 5.41) is 2.82. The van der Waals surface area contributed by atoms with Crippen molar-refractivity contribution in [1.82, 2.24) is 10.2 Å². The zero-order valence-electron chi connectivity index (χ0n) is 25.0. The second kappa shape index (κ2) is 15.7. The summed E-state index contributed by atoms with van der Waals surface area (Å²) in [6.45, 7) is 3.73. The number of halogens is 2. The van der Waals surface area contributed by atoms with Crippen LogP contribution in [0.4, 0.5) is 10.1 Å². The van der Waals surface area contributed by atoms with E-state index in [9.17, 15) is 22.4 Å². The summed E-state index contributed by atoms with van der Waals surface area (Å²) in [6.07, 6.45) is 0.183. The molecule has 0 bridgehead atoms. The van der Waals surface area contributed by atoms with E-state index in [1.54, 1.807) is 43.3 Å². The van der Waals surface area contributed by atoms with Crippen LogP contribution in [-0.4, -0.2) is 50.9 Å². The summed E-state index contributed by atoms with van der Waals surface area (Å²) in [6, 6.07) is 26.4. The van der Waals surface area contributed by atoms with Crippen molar-refractivity contribution in [3.63, 3.8) is 0 Å². The van der Waals surface area contributed by atoms with Crippen LogP contribution in [0.5, 0.6) is 5.75 Å². The second-order valence-electron chi connectivity index (χ2n) is 10.1. The summed E-state index contributed by atoms with van der Waals surface area (Å²) >= 11 is 3.34. The zero-order chi connectivity index (χ0) is 32.4. The van der Waals surface area contributed by atoms with Crippen LogP contribution in [-0.2, 0) is 32.6 Å². The molecule has 0 fully saturated rings. The van der Waals surface area contributed by atoms with Gasteiger partial charge >= 0.3 is 0 Å². The molecule has 0 saturated heterocycles. The first-order valence-electron chi connectivity index (χ1n) is 14.5. The molecule has 4 aromatic rings. The second-order valence-corrected chi connectivity index (χ2v) is 12.9. The van der Waals surface area contributed by atoms with Crippen LogP contribution < -0.4 is 14.4 Å². The molecule has 0 spiro atoms. The molecule has 1 N–H and O–H groups in total. The van der Waals surface area contributed by atoms with Crippen molar-refractivity contribution in [2.45, 2.75) is 37.8 Å². The van der Waals surface area contributed by atoms with Crippen molar-refractivity contribution < 1.29 is 27.1 Å². The predicted octanol–water partition coefficient (Wildman–Crippen LogP) is 5.96. The highest BCUT2D eigenvalue weighted by atomic mass is 79.9. The van der Waals surface area contributed by atoms with Gasteiger partial charge in [-0.3, -0.25) is 13.9 Å². The van der Waals surface area contributed by atoms with Crippen LogP contribution >= 0.6 is 15.9 Å². The van der Waals surface area contributed by atoms with E-state index >= 15 is 0 Å². The van der Waals surface area contributed by atoms with E-state index in [1.165, 1.54) is 41.3 Å². The number of nitrogens with one attached hydrogen (secondary N) is 1. The molecule has 0 aliphatic heterocycles. The average Bonchev–Trinajstić information content (AvgIpc) is 3.03. The van der Waals surface area contributed by atoms with Crippen molar-refractivity contribution in [2.24, 2.45) is 0 Å². The van der Waals surface area contributed by atoms with E-state index < -0.39 is 34.3 Å². The Bertz CT molecular complexity index is 1670. The van der Waals surface area contributed by atoms with E-state index in [-0.39, 0.29) is 29.5 Å². The quantitative estimate of drug-likeness (QED) is 0.176. The Morgan fingerprint density at radius 1 is 0.867 bits per heavy atom. The molecule has 0 heterocycles. The Labute approximate surface area is 272 Å². The molecular weight excluding hydrogens is 661 g/mol. The van der Waals surface area contributed by atoms with Crippen LogP contribution in [0.1, 0.15) is 25.0 Å². The van der Waals surface area contributed by atoms with Crippen molar-refractivity contribution in [3.8, 4) is 5.75 Å². The molecule has 45 heavy (non-hydrogen) atoms. The summed E-state index contributed by atoms with van der Waals surface area (Å²) in [5.74, 6) is -0.893. The van der Waals surface area contributed by atoms with Gasteiger partial charge in [-0.2, -0.15) is 0 Å². The Morgan fingerprint density at radius 2 is 1.51 bits per heavy atom. The van der Waals surface area contributed by atoms with Crippen molar-refractivity contribution in [1.29, 1.82) is 0 Å². The number of benzene rings is 4. The Balaban J connectivity index is 1.79. The molecule has 0 aromatic heterocycles. The largest absolute Gasteiger partial charge is 0.494 e. The number of ether oxygens (including phenoxy) is 1. The van der Waals surface area contributed by atoms with E-state index in [0.29, 0.717) is 28.9 Å². The van der Waals surface area contributed by atoms with Gasteiger partial charge in [-0.1, -0.05) is 58.4 Å². The van der Waals surface area contributed by atoms with Gasteiger partial charge in [0.1, 0.15) is 24.2 Å². The van der Waals surface area contributed by atoms with Gasteiger partial charge in [0.15, 0.2) is 0 Å².